The number of sulfone groups is 1. The molecule has 7 heteroatoms. The van der Waals surface area contributed by atoms with Gasteiger partial charge in [-0.15, -0.1) is 0 Å². The van der Waals surface area contributed by atoms with Crippen LogP contribution in [0.25, 0.3) is 0 Å². The largest absolute Gasteiger partial charge is 0.383 e. The summed E-state index contributed by atoms with van der Waals surface area (Å²) in [6.07, 6.45) is 1.09. The number of rotatable bonds is 3. The van der Waals surface area contributed by atoms with Crippen molar-refractivity contribution in [3.8, 4) is 0 Å². The molecule has 96 valence electrons. The summed E-state index contributed by atoms with van der Waals surface area (Å²) in [4.78, 5) is 18.2. The van der Waals surface area contributed by atoms with Gasteiger partial charge in [0.1, 0.15) is 16.9 Å². The summed E-state index contributed by atoms with van der Waals surface area (Å²) in [5.41, 5.74) is 5.69. The van der Waals surface area contributed by atoms with Crippen molar-refractivity contribution in [2.75, 3.05) is 12.0 Å². The van der Waals surface area contributed by atoms with Crippen LogP contribution >= 0.6 is 0 Å². The Balaban J connectivity index is 3.39. The van der Waals surface area contributed by atoms with Crippen LogP contribution in [0.1, 0.15) is 43.3 Å². The fourth-order valence-electron chi connectivity index (χ4n) is 1.47. The van der Waals surface area contributed by atoms with Crippen LogP contribution < -0.4 is 11.3 Å². The van der Waals surface area contributed by atoms with Crippen molar-refractivity contribution in [3.63, 3.8) is 0 Å². The Kier molecular flexibility index (Phi) is 3.61. The van der Waals surface area contributed by atoms with Gasteiger partial charge >= 0.3 is 0 Å². The second kappa shape index (κ2) is 4.48. The summed E-state index contributed by atoms with van der Waals surface area (Å²) in [6.45, 7) is 5.10. The predicted octanol–water partition coefficient (Wildman–Crippen LogP) is 0.581. The Morgan fingerprint density at radius 1 is 1.29 bits per heavy atom. The van der Waals surface area contributed by atoms with Crippen LogP contribution in [-0.2, 0) is 9.84 Å². The molecule has 0 radical (unpaired) electrons. The van der Waals surface area contributed by atoms with E-state index < -0.39 is 15.1 Å². The van der Waals surface area contributed by atoms with Crippen molar-refractivity contribution in [1.82, 2.24) is 9.97 Å². The van der Waals surface area contributed by atoms with E-state index >= 15 is 0 Å². The van der Waals surface area contributed by atoms with Gasteiger partial charge in [-0.3, -0.25) is 4.79 Å². The molecule has 0 aromatic carbocycles. The Labute approximate surface area is 100 Å². The highest BCUT2D eigenvalue weighted by molar-refractivity contribution is 7.90. The van der Waals surface area contributed by atoms with E-state index in [1.165, 1.54) is 6.92 Å². The van der Waals surface area contributed by atoms with Gasteiger partial charge in [-0.25, -0.2) is 13.4 Å². The molecule has 17 heavy (non-hydrogen) atoms. The molecule has 1 unspecified atom stereocenters. The van der Waals surface area contributed by atoms with Gasteiger partial charge in [0.25, 0.3) is 5.56 Å². The first-order valence-electron chi connectivity index (χ1n) is 5.23. The average Bonchev–Trinajstić information content (AvgIpc) is 2.13. The fraction of sp³-hybridized carbons (Fsp3) is 0.600. The van der Waals surface area contributed by atoms with E-state index in [1.54, 1.807) is 0 Å². The molecule has 0 aliphatic rings. The van der Waals surface area contributed by atoms with Gasteiger partial charge in [0.15, 0.2) is 9.84 Å². The Morgan fingerprint density at radius 2 is 1.82 bits per heavy atom. The molecule has 0 saturated carbocycles. The number of H-pyrrole nitrogens is 1. The topological polar surface area (TPSA) is 106 Å². The van der Waals surface area contributed by atoms with Gasteiger partial charge in [0, 0.05) is 6.26 Å². The first-order valence-corrected chi connectivity index (χ1v) is 7.18. The van der Waals surface area contributed by atoms with Crippen molar-refractivity contribution in [2.24, 2.45) is 0 Å². The van der Waals surface area contributed by atoms with Crippen LogP contribution in [0.5, 0.6) is 0 Å². The number of anilines is 1. The maximum absolute atomic E-state index is 11.8. The van der Waals surface area contributed by atoms with Crippen LogP contribution in [0.4, 0.5) is 5.82 Å². The van der Waals surface area contributed by atoms with Crippen molar-refractivity contribution >= 4 is 15.7 Å². The van der Waals surface area contributed by atoms with E-state index in [0.717, 1.165) is 6.26 Å². The SMILES string of the molecule is CC(C)c1c(N)nc(C(C)S(C)(=O)=O)[nH]c1=O. The second-order valence-corrected chi connectivity index (χ2v) is 6.74. The zero-order valence-corrected chi connectivity index (χ0v) is 11.1. The normalized spacial score (nSPS) is 13.9. The lowest BCUT2D eigenvalue weighted by Crippen LogP contribution is -2.23. The monoisotopic (exact) mass is 259 g/mol. The lowest BCUT2D eigenvalue weighted by Gasteiger charge is -2.12. The zero-order chi connectivity index (χ0) is 13.4. The number of hydrogen-bond donors (Lipinski definition) is 2. The van der Waals surface area contributed by atoms with Crippen LogP contribution in [0.15, 0.2) is 4.79 Å². The molecule has 1 aromatic heterocycles. The third-order valence-corrected chi connectivity index (χ3v) is 4.12. The maximum Gasteiger partial charge on any atom is 0.256 e. The minimum atomic E-state index is -3.31. The lowest BCUT2D eigenvalue weighted by atomic mass is 10.1. The van der Waals surface area contributed by atoms with Gasteiger partial charge in [-0.2, -0.15) is 0 Å². The van der Waals surface area contributed by atoms with Gasteiger partial charge in [-0.05, 0) is 12.8 Å². The molecule has 6 nitrogen and oxygen atoms in total. The molecular formula is C10H17N3O3S. The summed E-state index contributed by atoms with van der Waals surface area (Å²) in [6, 6.07) is 0. The minimum absolute atomic E-state index is 0.0613. The van der Waals surface area contributed by atoms with E-state index in [1.807, 2.05) is 13.8 Å². The zero-order valence-electron chi connectivity index (χ0n) is 10.3. The van der Waals surface area contributed by atoms with E-state index in [9.17, 15) is 13.2 Å². The third-order valence-electron chi connectivity index (χ3n) is 2.61. The molecule has 1 heterocycles. The molecule has 1 aromatic rings. The third kappa shape index (κ3) is 2.85. The standard InChI is InChI=1S/C10H17N3O3S/c1-5(2)7-8(11)12-9(13-10(7)14)6(3)17(4,15)16/h5-6H,1-4H3,(H3,11,12,13,14). The minimum Gasteiger partial charge on any atom is -0.383 e. The first kappa shape index (κ1) is 13.7. The van der Waals surface area contributed by atoms with Crippen molar-refractivity contribution in [1.29, 1.82) is 0 Å². The van der Waals surface area contributed by atoms with Crippen LogP contribution in [-0.4, -0.2) is 24.6 Å². The number of nitrogen functional groups attached to an aromatic ring is 1. The van der Waals surface area contributed by atoms with Gasteiger partial charge in [0.2, 0.25) is 0 Å². The predicted molar refractivity (Wildman–Crippen MR) is 66.6 cm³/mol. The van der Waals surface area contributed by atoms with E-state index in [4.69, 9.17) is 5.73 Å². The Bertz CT molecular complexity index is 575. The van der Waals surface area contributed by atoms with Crippen LogP contribution in [0, 0.1) is 0 Å². The highest BCUT2D eigenvalue weighted by Gasteiger charge is 2.22. The van der Waals surface area contributed by atoms with Gasteiger partial charge in [-0.1, -0.05) is 13.8 Å². The molecule has 0 amide bonds. The van der Waals surface area contributed by atoms with Crippen molar-refractivity contribution in [3.05, 3.63) is 21.7 Å². The van der Waals surface area contributed by atoms with Crippen molar-refractivity contribution in [2.45, 2.75) is 31.9 Å². The van der Waals surface area contributed by atoms with E-state index in [0.29, 0.717) is 5.56 Å². The molecule has 0 bridgehead atoms. The molecule has 0 fully saturated rings. The van der Waals surface area contributed by atoms with Gasteiger partial charge in [0.05, 0.1) is 5.56 Å². The first-order chi connectivity index (χ1) is 7.64. The molecule has 0 aliphatic heterocycles. The molecule has 0 aliphatic carbocycles. The summed E-state index contributed by atoms with van der Waals surface area (Å²) in [5, 5.41) is -0.876. The number of nitrogens with zero attached hydrogens (tertiary/aromatic N) is 1. The number of hydrogen-bond acceptors (Lipinski definition) is 5. The number of aromatic nitrogens is 2. The highest BCUT2D eigenvalue weighted by Crippen LogP contribution is 2.20. The molecule has 0 spiro atoms. The van der Waals surface area contributed by atoms with E-state index in [2.05, 4.69) is 9.97 Å². The van der Waals surface area contributed by atoms with Crippen LogP contribution in [0.2, 0.25) is 0 Å². The highest BCUT2D eigenvalue weighted by atomic mass is 32.2. The second-order valence-electron chi connectivity index (χ2n) is 4.38. The lowest BCUT2D eigenvalue weighted by molar-refractivity contribution is 0.588. The molecular weight excluding hydrogens is 242 g/mol. The fourth-order valence-corrected chi connectivity index (χ4v) is 1.99. The Hall–Kier alpha value is -1.37. The number of aromatic amines is 1. The Morgan fingerprint density at radius 3 is 2.18 bits per heavy atom. The smallest absolute Gasteiger partial charge is 0.256 e. The number of nitrogens with one attached hydrogen (secondary N) is 1. The summed E-state index contributed by atoms with van der Waals surface area (Å²) < 4.78 is 22.7. The number of nitrogens with two attached hydrogens (primary N) is 1. The van der Waals surface area contributed by atoms with Crippen molar-refractivity contribution < 1.29 is 8.42 Å². The molecule has 0 saturated heterocycles. The average molecular weight is 259 g/mol. The van der Waals surface area contributed by atoms with E-state index in [-0.39, 0.29) is 23.1 Å². The summed E-state index contributed by atoms with van der Waals surface area (Å²) in [7, 11) is -3.31. The quantitative estimate of drug-likeness (QED) is 0.826. The molecule has 3 N–H and O–H groups in total. The summed E-state index contributed by atoms with van der Waals surface area (Å²) >= 11 is 0. The maximum atomic E-state index is 11.8. The van der Waals surface area contributed by atoms with Crippen LogP contribution in [0.3, 0.4) is 0 Å². The van der Waals surface area contributed by atoms with Gasteiger partial charge < -0.3 is 10.7 Å². The molecule has 1 rings (SSSR count). The summed E-state index contributed by atoms with van der Waals surface area (Å²) in [5.74, 6) is 0.113. The molecule has 1 atom stereocenters.